The van der Waals surface area contributed by atoms with Crippen molar-refractivity contribution in [1.82, 2.24) is 0 Å². The molecule has 1 aromatic carbocycles. The lowest BCUT2D eigenvalue weighted by Gasteiger charge is -2.29. The van der Waals surface area contributed by atoms with Crippen LogP contribution >= 0.6 is 0 Å². The molecule has 0 aliphatic heterocycles. The number of rotatable bonds is 8. The largest absolute Gasteiger partial charge is 0.429 e. The van der Waals surface area contributed by atoms with E-state index in [0.717, 1.165) is 43.7 Å². The minimum atomic E-state index is -3.23. The fourth-order valence-corrected chi connectivity index (χ4v) is 4.97. The van der Waals surface area contributed by atoms with Gasteiger partial charge in [-0.2, -0.15) is 8.78 Å². The van der Waals surface area contributed by atoms with Crippen LogP contribution in [-0.2, 0) is 0 Å². The molecular formula is C22H30F4O. The molecule has 0 amide bonds. The molecule has 1 nitrogen and oxygen atoms in total. The number of benzene rings is 1. The van der Waals surface area contributed by atoms with Gasteiger partial charge in [-0.25, -0.2) is 8.78 Å². The number of hydrogen-bond acceptors (Lipinski definition) is 1. The quantitative estimate of drug-likeness (QED) is 0.330. The summed E-state index contributed by atoms with van der Waals surface area (Å²) >= 11 is 0. The molecule has 0 saturated heterocycles. The third-order valence-corrected chi connectivity index (χ3v) is 6.50. The van der Waals surface area contributed by atoms with Gasteiger partial charge in [0.05, 0.1) is 0 Å². The molecule has 2 aliphatic rings. The van der Waals surface area contributed by atoms with Gasteiger partial charge in [0, 0.05) is 0 Å². The predicted octanol–water partition coefficient (Wildman–Crippen LogP) is 7.59. The summed E-state index contributed by atoms with van der Waals surface area (Å²) in [7, 11) is 0. The second-order valence-corrected chi connectivity index (χ2v) is 8.34. The lowest BCUT2D eigenvalue weighted by Crippen LogP contribution is -2.14. The molecule has 2 aliphatic carbocycles. The van der Waals surface area contributed by atoms with Gasteiger partial charge in [-0.1, -0.05) is 51.4 Å². The average molecular weight is 386 g/mol. The maximum Gasteiger partial charge on any atom is 0.387 e. The van der Waals surface area contributed by atoms with E-state index < -0.39 is 24.0 Å². The van der Waals surface area contributed by atoms with E-state index in [2.05, 4.69) is 4.74 Å². The minimum Gasteiger partial charge on any atom is -0.429 e. The Bertz CT molecular complexity index is 567. The molecule has 0 unspecified atom stereocenters. The van der Waals surface area contributed by atoms with Gasteiger partial charge in [-0.15, -0.1) is 0 Å². The zero-order chi connectivity index (χ0) is 19.2. The molecule has 0 heterocycles. The highest BCUT2D eigenvalue weighted by atomic mass is 19.3. The summed E-state index contributed by atoms with van der Waals surface area (Å²) < 4.78 is 56.3. The summed E-state index contributed by atoms with van der Waals surface area (Å²) in [6.07, 6.45) is 14.8. The first-order valence-corrected chi connectivity index (χ1v) is 10.5. The second kappa shape index (κ2) is 9.79. The normalized spacial score (nSPS) is 23.9. The molecule has 0 aromatic heterocycles. The highest BCUT2D eigenvalue weighted by Gasteiger charge is 2.25. The van der Waals surface area contributed by atoms with E-state index >= 15 is 0 Å². The van der Waals surface area contributed by atoms with Crippen molar-refractivity contribution in [3.05, 3.63) is 29.3 Å². The Morgan fingerprint density at radius 2 is 1.33 bits per heavy atom. The molecule has 3 rings (SSSR count). The Balaban J connectivity index is 1.43. The van der Waals surface area contributed by atoms with Crippen molar-refractivity contribution in [2.45, 2.75) is 89.6 Å². The number of unbranched alkanes of at least 4 members (excludes halogenated alkanes) is 1. The average Bonchev–Trinajstić information content (AvgIpc) is 3.15. The maximum atomic E-state index is 13.9. The third-order valence-electron chi connectivity index (χ3n) is 6.50. The number of hydrogen-bond donors (Lipinski definition) is 0. The molecule has 27 heavy (non-hydrogen) atoms. The van der Waals surface area contributed by atoms with Crippen LogP contribution in [0.1, 0.15) is 88.5 Å². The van der Waals surface area contributed by atoms with Crippen LogP contribution in [0.2, 0.25) is 0 Å². The zero-order valence-corrected chi connectivity index (χ0v) is 15.9. The standard InChI is InChI=1S/C22H30F4O/c23-19-13-18(14-20(24)21(19)27-22(25)26)17-11-9-16(10-12-17)8-4-3-7-15-5-1-2-6-15/h13-17,22H,1-12H2. The highest BCUT2D eigenvalue weighted by molar-refractivity contribution is 5.33. The number of alkyl halides is 2. The molecule has 1 aromatic rings. The molecule has 0 radical (unpaired) electrons. The molecule has 5 heteroatoms. The van der Waals surface area contributed by atoms with Crippen LogP contribution in [0.3, 0.4) is 0 Å². The van der Waals surface area contributed by atoms with Gasteiger partial charge in [-0.05, 0) is 61.1 Å². The SMILES string of the molecule is Fc1cc(C2CCC(CCCCC3CCCC3)CC2)cc(F)c1OC(F)F. The van der Waals surface area contributed by atoms with Gasteiger partial charge >= 0.3 is 6.61 Å². The van der Waals surface area contributed by atoms with Crippen LogP contribution in [0.5, 0.6) is 5.75 Å². The van der Waals surface area contributed by atoms with E-state index in [1.807, 2.05) is 0 Å². The molecule has 0 bridgehead atoms. The summed E-state index contributed by atoms with van der Waals surface area (Å²) in [5, 5.41) is 0. The monoisotopic (exact) mass is 386 g/mol. The first kappa shape index (κ1) is 20.5. The van der Waals surface area contributed by atoms with Crippen molar-refractivity contribution >= 4 is 0 Å². The van der Waals surface area contributed by atoms with E-state index in [-0.39, 0.29) is 5.92 Å². The fourth-order valence-electron chi connectivity index (χ4n) is 4.97. The summed E-state index contributed by atoms with van der Waals surface area (Å²) in [5.74, 6) is -1.30. The van der Waals surface area contributed by atoms with Crippen LogP contribution in [0.15, 0.2) is 12.1 Å². The summed E-state index contributed by atoms with van der Waals surface area (Å²) in [6, 6.07) is 2.32. The summed E-state index contributed by atoms with van der Waals surface area (Å²) in [4.78, 5) is 0. The lowest BCUT2D eigenvalue weighted by molar-refractivity contribution is -0.0546. The summed E-state index contributed by atoms with van der Waals surface area (Å²) in [5.41, 5.74) is 0.561. The van der Waals surface area contributed by atoms with Crippen molar-refractivity contribution in [2.24, 2.45) is 11.8 Å². The van der Waals surface area contributed by atoms with E-state index in [1.165, 1.54) is 51.4 Å². The van der Waals surface area contributed by atoms with Gasteiger partial charge in [-0.3, -0.25) is 0 Å². The van der Waals surface area contributed by atoms with Crippen LogP contribution in [0, 0.1) is 23.5 Å². The smallest absolute Gasteiger partial charge is 0.387 e. The predicted molar refractivity (Wildman–Crippen MR) is 98.1 cm³/mol. The lowest BCUT2D eigenvalue weighted by atomic mass is 9.77. The molecule has 2 saturated carbocycles. The molecule has 152 valence electrons. The van der Waals surface area contributed by atoms with Crippen molar-refractivity contribution in [1.29, 1.82) is 0 Å². The van der Waals surface area contributed by atoms with Gasteiger partial charge in [0.25, 0.3) is 0 Å². The maximum absolute atomic E-state index is 13.9. The third kappa shape index (κ3) is 5.86. The van der Waals surface area contributed by atoms with Gasteiger partial charge < -0.3 is 4.74 Å². The van der Waals surface area contributed by atoms with E-state index in [4.69, 9.17) is 0 Å². The summed E-state index contributed by atoms with van der Waals surface area (Å²) in [6.45, 7) is -3.23. The van der Waals surface area contributed by atoms with Crippen LogP contribution in [0.25, 0.3) is 0 Å². The Morgan fingerprint density at radius 3 is 1.85 bits per heavy atom. The van der Waals surface area contributed by atoms with Crippen molar-refractivity contribution < 1.29 is 22.3 Å². The Morgan fingerprint density at radius 1 is 0.815 bits per heavy atom. The number of ether oxygens (including phenoxy) is 1. The minimum absolute atomic E-state index is 0.101. The van der Waals surface area contributed by atoms with Gasteiger partial charge in [0.1, 0.15) is 0 Å². The second-order valence-electron chi connectivity index (χ2n) is 8.34. The Kier molecular flexibility index (Phi) is 7.42. The Labute approximate surface area is 159 Å². The van der Waals surface area contributed by atoms with Crippen LogP contribution in [-0.4, -0.2) is 6.61 Å². The van der Waals surface area contributed by atoms with Crippen LogP contribution in [0.4, 0.5) is 17.6 Å². The van der Waals surface area contributed by atoms with E-state index in [1.54, 1.807) is 0 Å². The molecule has 0 N–H and O–H groups in total. The molecule has 2 fully saturated rings. The van der Waals surface area contributed by atoms with Crippen molar-refractivity contribution in [3.63, 3.8) is 0 Å². The molecule has 0 atom stereocenters. The van der Waals surface area contributed by atoms with E-state index in [9.17, 15) is 17.6 Å². The first-order valence-electron chi connectivity index (χ1n) is 10.5. The first-order chi connectivity index (χ1) is 13.0. The van der Waals surface area contributed by atoms with Crippen LogP contribution < -0.4 is 4.74 Å². The zero-order valence-electron chi connectivity index (χ0n) is 15.9. The molecule has 0 spiro atoms. The Hall–Kier alpha value is -1.26. The van der Waals surface area contributed by atoms with Crippen molar-refractivity contribution in [2.75, 3.05) is 0 Å². The van der Waals surface area contributed by atoms with Gasteiger partial charge in [0.15, 0.2) is 17.4 Å². The van der Waals surface area contributed by atoms with Gasteiger partial charge in [0.2, 0.25) is 0 Å². The number of halogens is 4. The topological polar surface area (TPSA) is 9.23 Å². The van der Waals surface area contributed by atoms with E-state index in [0.29, 0.717) is 11.5 Å². The van der Waals surface area contributed by atoms with Crippen molar-refractivity contribution in [3.8, 4) is 5.75 Å². The fraction of sp³-hybridized carbons (Fsp3) is 0.727. The highest BCUT2D eigenvalue weighted by Crippen LogP contribution is 2.40. The molecular weight excluding hydrogens is 356 g/mol.